The minimum Gasteiger partial charge on any atom is -0.348 e. The lowest BCUT2D eigenvalue weighted by Crippen LogP contribution is -2.39. The summed E-state index contributed by atoms with van der Waals surface area (Å²) in [5, 5.41) is 14.4. The van der Waals surface area contributed by atoms with Crippen LogP contribution in [0, 0.1) is 0 Å². The van der Waals surface area contributed by atoms with Crippen LogP contribution in [0.4, 0.5) is 0 Å². The van der Waals surface area contributed by atoms with Crippen LogP contribution in [0.2, 0.25) is 0 Å². The Morgan fingerprint density at radius 1 is 1.60 bits per heavy atom. The number of carbonyl (C=O) groups is 1. The molecule has 1 unspecified atom stereocenters. The highest BCUT2D eigenvalue weighted by molar-refractivity contribution is 5.92. The fourth-order valence-electron chi connectivity index (χ4n) is 2.71. The van der Waals surface area contributed by atoms with Crippen molar-refractivity contribution in [1.82, 2.24) is 25.3 Å². The van der Waals surface area contributed by atoms with E-state index in [9.17, 15) is 4.79 Å². The molecule has 1 aliphatic carbocycles. The number of fused-ring (bicyclic) bond motifs is 1. The second-order valence-electron chi connectivity index (χ2n) is 5.23. The van der Waals surface area contributed by atoms with Crippen LogP contribution in [0.15, 0.2) is 18.5 Å². The quantitative estimate of drug-likeness (QED) is 0.881. The van der Waals surface area contributed by atoms with Crippen molar-refractivity contribution >= 4 is 5.91 Å². The first-order valence-corrected chi connectivity index (χ1v) is 7.11. The summed E-state index contributed by atoms with van der Waals surface area (Å²) in [6, 6.07) is 1.94. The first kappa shape index (κ1) is 12.9. The van der Waals surface area contributed by atoms with E-state index < -0.39 is 0 Å². The SMILES string of the molecule is CCCn1nccc1C(=O)NC1CCc2cn[nH]c2C1. The van der Waals surface area contributed by atoms with Crippen LogP contribution in [-0.4, -0.2) is 31.9 Å². The number of rotatable bonds is 4. The van der Waals surface area contributed by atoms with Gasteiger partial charge in [0, 0.05) is 30.9 Å². The molecule has 0 aliphatic heterocycles. The minimum atomic E-state index is -0.0380. The molecular formula is C14H19N5O. The number of carbonyl (C=O) groups excluding carboxylic acids is 1. The molecule has 2 aromatic rings. The molecular weight excluding hydrogens is 254 g/mol. The van der Waals surface area contributed by atoms with Crippen molar-refractivity contribution in [3.05, 3.63) is 35.4 Å². The Kier molecular flexibility index (Phi) is 3.54. The highest BCUT2D eigenvalue weighted by Gasteiger charge is 2.23. The Balaban J connectivity index is 1.66. The van der Waals surface area contributed by atoms with Gasteiger partial charge in [0.05, 0.1) is 6.20 Å². The number of hydrogen-bond donors (Lipinski definition) is 2. The molecule has 0 saturated heterocycles. The molecule has 3 rings (SSSR count). The molecule has 0 bridgehead atoms. The number of amides is 1. The van der Waals surface area contributed by atoms with Crippen LogP contribution >= 0.6 is 0 Å². The average Bonchev–Trinajstić information content (AvgIpc) is 3.07. The summed E-state index contributed by atoms with van der Waals surface area (Å²) in [5.74, 6) is -0.0380. The molecule has 0 saturated carbocycles. The van der Waals surface area contributed by atoms with Crippen LogP contribution in [0.1, 0.15) is 41.5 Å². The first-order valence-electron chi connectivity index (χ1n) is 7.11. The summed E-state index contributed by atoms with van der Waals surface area (Å²) in [5.41, 5.74) is 3.05. The zero-order valence-corrected chi connectivity index (χ0v) is 11.6. The number of H-pyrrole nitrogens is 1. The van der Waals surface area contributed by atoms with E-state index in [4.69, 9.17) is 0 Å². The van der Waals surface area contributed by atoms with E-state index in [1.807, 2.05) is 6.20 Å². The van der Waals surface area contributed by atoms with E-state index in [1.54, 1.807) is 16.9 Å². The largest absolute Gasteiger partial charge is 0.348 e. The van der Waals surface area contributed by atoms with Gasteiger partial charge in [0.15, 0.2) is 0 Å². The van der Waals surface area contributed by atoms with Crippen molar-refractivity contribution in [2.75, 3.05) is 0 Å². The van der Waals surface area contributed by atoms with E-state index in [1.165, 1.54) is 5.56 Å². The average molecular weight is 273 g/mol. The predicted octanol–water partition coefficient (Wildman–Crippen LogP) is 1.30. The van der Waals surface area contributed by atoms with Gasteiger partial charge in [-0.25, -0.2) is 0 Å². The number of nitrogens with zero attached hydrogens (tertiary/aromatic N) is 3. The molecule has 0 radical (unpaired) electrons. The first-order chi connectivity index (χ1) is 9.78. The molecule has 1 atom stereocenters. The lowest BCUT2D eigenvalue weighted by Gasteiger charge is -2.22. The molecule has 1 aliphatic rings. The smallest absolute Gasteiger partial charge is 0.269 e. The van der Waals surface area contributed by atoms with Gasteiger partial charge in [0.25, 0.3) is 5.91 Å². The summed E-state index contributed by atoms with van der Waals surface area (Å²) in [4.78, 5) is 12.3. The zero-order valence-electron chi connectivity index (χ0n) is 11.6. The molecule has 1 amide bonds. The van der Waals surface area contributed by atoms with Crippen molar-refractivity contribution in [1.29, 1.82) is 0 Å². The van der Waals surface area contributed by atoms with Gasteiger partial charge < -0.3 is 5.32 Å². The summed E-state index contributed by atoms with van der Waals surface area (Å²) in [7, 11) is 0. The molecule has 0 spiro atoms. The van der Waals surface area contributed by atoms with Crippen molar-refractivity contribution in [3.8, 4) is 0 Å². The molecule has 2 aromatic heterocycles. The fraction of sp³-hybridized carbons (Fsp3) is 0.500. The maximum absolute atomic E-state index is 12.3. The summed E-state index contributed by atoms with van der Waals surface area (Å²) in [6.45, 7) is 2.84. The Bertz CT molecular complexity index is 600. The number of aromatic amines is 1. The number of aromatic nitrogens is 4. The van der Waals surface area contributed by atoms with Gasteiger partial charge in [-0.15, -0.1) is 0 Å². The molecule has 0 aromatic carbocycles. The molecule has 2 N–H and O–H groups in total. The Hall–Kier alpha value is -2.11. The van der Waals surface area contributed by atoms with Gasteiger partial charge in [-0.05, 0) is 30.9 Å². The Labute approximate surface area is 117 Å². The normalized spacial score (nSPS) is 17.8. The molecule has 0 fully saturated rings. The summed E-state index contributed by atoms with van der Waals surface area (Å²) < 4.78 is 1.76. The van der Waals surface area contributed by atoms with Crippen LogP contribution in [-0.2, 0) is 19.4 Å². The second kappa shape index (κ2) is 5.48. The number of hydrogen-bond acceptors (Lipinski definition) is 3. The molecule has 6 heteroatoms. The van der Waals surface area contributed by atoms with Gasteiger partial charge in [0.1, 0.15) is 5.69 Å². The van der Waals surface area contributed by atoms with Crippen molar-refractivity contribution in [2.45, 2.75) is 45.2 Å². The zero-order chi connectivity index (χ0) is 13.9. The molecule has 20 heavy (non-hydrogen) atoms. The maximum atomic E-state index is 12.3. The second-order valence-corrected chi connectivity index (χ2v) is 5.23. The Morgan fingerprint density at radius 2 is 2.50 bits per heavy atom. The van der Waals surface area contributed by atoms with E-state index >= 15 is 0 Å². The third-order valence-electron chi connectivity index (χ3n) is 3.74. The van der Waals surface area contributed by atoms with E-state index in [0.29, 0.717) is 5.69 Å². The number of nitrogens with one attached hydrogen (secondary N) is 2. The van der Waals surface area contributed by atoms with Gasteiger partial charge >= 0.3 is 0 Å². The minimum absolute atomic E-state index is 0.0380. The molecule has 6 nitrogen and oxygen atoms in total. The lowest BCUT2D eigenvalue weighted by atomic mass is 9.94. The highest BCUT2D eigenvalue weighted by atomic mass is 16.2. The monoisotopic (exact) mass is 273 g/mol. The van der Waals surface area contributed by atoms with Gasteiger partial charge in [-0.3, -0.25) is 14.6 Å². The molecule has 2 heterocycles. The third kappa shape index (κ3) is 2.45. The standard InChI is InChI=1S/C14H19N5O/c1-2-7-19-13(5-6-16-19)14(20)17-11-4-3-10-9-15-18-12(10)8-11/h5-6,9,11H,2-4,7-8H2,1H3,(H,15,18)(H,17,20). The summed E-state index contributed by atoms with van der Waals surface area (Å²) >= 11 is 0. The Morgan fingerprint density at radius 3 is 3.35 bits per heavy atom. The summed E-state index contributed by atoms with van der Waals surface area (Å²) in [6.07, 6.45) is 7.26. The van der Waals surface area contributed by atoms with Gasteiger partial charge in [-0.2, -0.15) is 10.2 Å². The van der Waals surface area contributed by atoms with Crippen LogP contribution < -0.4 is 5.32 Å². The van der Waals surface area contributed by atoms with E-state index in [0.717, 1.165) is 37.9 Å². The van der Waals surface area contributed by atoms with Crippen LogP contribution in [0.5, 0.6) is 0 Å². The number of aryl methyl sites for hydroxylation is 2. The van der Waals surface area contributed by atoms with Crippen molar-refractivity contribution in [2.24, 2.45) is 0 Å². The third-order valence-corrected chi connectivity index (χ3v) is 3.74. The van der Waals surface area contributed by atoms with E-state index in [2.05, 4.69) is 27.5 Å². The van der Waals surface area contributed by atoms with Crippen molar-refractivity contribution in [3.63, 3.8) is 0 Å². The lowest BCUT2D eigenvalue weighted by molar-refractivity contribution is 0.0922. The van der Waals surface area contributed by atoms with Crippen LogP contribution in [0.25, 0.3) is 0 Å². The van der Waals surface area contributed by atoms with Crippen LogP contribution in [0.3, 0.4) is 0 Å². The van der Waals surface area contributed by atoms with E-state index in [-0.39, 0.29) is 11.9 Å². The molecule has 106 valence electrons. The van der Waals surface area contributed by atoms with Gasteiger partial charge in [0.2, 0.25) is 0 Å². The highest BCUT2D eigenvalue weighted by Crippen LogP contribution is 2.19. The topological polar surface area (TPSA) is 75.6 Å². The fourth-order valence-corrected chi connectivity index (χ4v) is 2.71. The van der Waals surface area contributed by atoms with Gasteiger partial charge in [-0.1, -0.05) is 6.92 Å². The van der Waals surface area contributed by atoms with Crippen molar-refractivity contribution < 1.29 is 4.79 Å². The maximum Gasteiger partial charge on any atom is 0.269 e. The predicted molar refractivity (Wildman–Crippen MR) is 74.4 cm³/mol.